The second kappa shape index (κ2) is 8.10. The molecule has 0 unspecified atom stereocenters. The van der Waals surface area contributed by atoms with Crippen LogP contribution in [0.1, 0.15) is 29.1 Å². The molecule has 4 heterocycles. The largest absolute Gasteiger partial charge is 0.462 e. The molecule has 28 heavy (non-hydrogen) atoms. The van der Waals surface area contributed by atoms with Crippen LogP contribution in [0.3, 0.4) is 0 Å². The molecule has 1 N–H and O–H groups in total. The minimum Gasteiger partial charge on any atom is -0.462 e. The summed E-state index contributed by atoms with van der Waals surface area (Å²) in [5.74, 6) is 1.79. The zero-order chi connectivity index (χ0) is 19.5. The van der Waals surface area contributed by atoms with Gasteiger partial charge in [-0.25, -0.2) is 4.98 Å². The Hall–Kier alpha value is -2.74. The molecule has 1 amide bonds. The van der Waals surface area contributed by atoms with Crippen LogP contribution in [-0.2, 0) is 11.3 Å². The van der Waals surface area contributed by atoms with Gasteiger partial charge in [-0.1, -0.05) is 0 Å². The first-order chi connectivity index (χ1) is 13.6. The molecule has 7 nitrogen and oxygen atoms in total. The Balaban J connectivity index is 1.30. The van der Waals surface area contributed by atoms with Crippen LogP contribution in [0, 0.1) is 19.8 Å². The third-order valence-corrected chi connectivity index (χ3v) is 6.19. The van der Waals surface area contributed by atoms with Gasteiger partial charge in [-0.2, -0.15) is 5.10 Å². The molecule has 3 aromatic rings. The highest BCUT2D eigenvalue weighted by molar-refractivity contribution is 7.15. The van der Waals surface area contributed by atoms with Crippen LogP contribution < -0.4 is 10.2 Å². The lowest BCUT2D eigenvalue weighted by atomic mass is 9.96. The summed E-state index contributed by atoms with van der Waals surface area (Å²) in [5.41, 5.74) is 1.84. The lowest BCUT2D eigenvalue weighted by Gasteiger charge is -2.31. The van der Waals surface area contributed by atoms with Crippen LogP contribution in [0.15, 0.2) is 34.9 Å². The van der Waals surface area contributed by atoms with Crippen LogP contribution in [0.5, 0.6) is 0 Å². The number of piperidine rings is 1. The Kier molecular flexibility index (Phi) is 5.38. The molecule has 3 aromatic heterocycles. The van der Waals surface area contributed by atoms with Gasteiger partial charge >= 0.3 is 0 Å². The number of aryl methyl sites for hydroxylation is 2. The van der Waals surface area contributed by atoms with Crippen LogP contribution in [-0.4, -0.2) is 34.2 Å². The average Bonchev–Trinajstić information content (AvgIpc) is 3.37. The summed E-state index contributed by atoms with van der Waals surface area (Å²) in [7, 11) is 0. The lowest BCUT2D eigenvalue weighted by Crippen LogP contribution is -2.40. The number of furan rings is 1. The van der Waals surface area contributed by atoms with Crippen LogP contribution >= 0.6 is 11.3 Å². The van der Waals surface area contributed by atoms with Gasteiger partial charge in [0, 0.05) is 23.9 Å². The molecule has 1 saturated heterocycles. The summed E-state index contributed by atoms with van der Waals surface area (Å²) in [5, 5.41) is 12.3. The molecule has 0 spiro atoms. The van der Waals surface area contributed by atoms with Crippen molar-refractivity contribution in [1.29, 1.82) is 0 Å². The second-order valence-corrected chi connectivity index (χ2v) is 8.10. The fourth-order valence-electron chi connectivity index (χ4n) is 3.34. The maximum atomic E-state index is 12.6. The van der Waals surface area contributed by atoms with E-state index in [4.69, 9.17) is 4.42 Å². The molecule has 0 aromatic carbocycles. The van der Waals surface area contributed by atoms with E-state index in [0.717, 1.165) is 58.8 Å². The molecule has 146 valence electrons. The van der Waals surface area contributed by atoms with Crippen molar-refractivity contribution in [1.82, 2.24) is 20.5 Å². The standard InChI is InChI=1S/C20H23N5O2S/c1-13-5-6-18(24-23-13)25-9-7-15(8-10-25)19(26)21-12-17-14(2)22-20(28-17)16-4-3-11-27-16/h3-6,11,15H,7-10,12H2,1-2H3,(H,21,26). The summed E-state index contributed by atoms with van der Waals surface area (Å²) in [6.07, 6.45) is 3.28. The Morgan fingerprint density at radius 2 is 2.07 bits per heavy atom. The van der Waals surface area contributed by atoms with E-state index in [1.807, 2.05) is 38.1 Å². The fourth-order valence-corrected chi connectivity index (χ4v) is 4.31. The van der Waals surface area contributed by atoms with Crippen molar-refractivity contribution in [2.75, 3.05) is 18.0 Å². The van der Waals surface area contributed by atoms with Crippen molar-refractivity contribution in [3.63, 3.8) is 0 Å². The van der Waals surface area contributed by atoms with Gasteiger partial charge in [0.15, 0.2) is 16.6 Å². The number of thiazole rings is 1. The average molecular weight is 398 g/mol. The third-order valence-electron chi connectivity index (χ3n) is 5.02. The second-order valence-electron chi connectivity index (χ2n) is 7.02. The Morgan fingerprint density at radius 1 is 1.25 bits per heavy atom. The number of nitrogens with one attached hydrogen (secondary N) is 1. The molecule has 1 aliphatic rings. The fraction of sp³-hybridized carbons (Fsp3) is 0.400. The smallest absolute Gasteiger partial charge is 0.223 e. The number of anilines is 1. The summed E-state index contributed by atoms with van der Waals surface area (Å²) >= 11 is 1.56. The SMILES string of the molecule is Cc1ccc(N2CCC(C(=O)NCc3sc(-c4ccco4)nc3C)CC2)nn1. The van der Waals surface area contributed by atoms with Crippen molar-refractivity contribution < 1.29 is 9.21 Å². The van der Waals surface area contributed by atoms with Crippen molar-refractivity contribution in [3.8, 4) is 10.8 Å². The van der Waals surface area contributed by atoms with Gasteiger partial charge in [0.25, 0.3) is 0 Å². The molecule has 0 radical (unpaired) electrons. The highest BCUT2D eigenvalue weighted by Crippen LogP contribution is 2.28. The molecule has 0 bridgehead atoms. The first-order valence-electron chi connectivity index (χ1n) is 9.43. The molecular formula is C20H23N5O2S. The lowest BCUT2D eigenvalue weighted by molar-refractivity contribution is -0.125. The maximum absolute atomic E-state index is 12.6. The Morgan fingerprint density at radius 3 is 2.75 bits per heavy atom. The number of hydrogen-bond acceptors (Lipinski definition) is 7. The van der Waals surface area contributed by atoms with Crippen LogP contribution in [0.25, 0.3) is 10.8 Å². The minimum atomic E-state index is 0.0347. The molecule has 4 rings (SSSR count). The number of amides is 1. The van der Waals surface area contributed by atoms with E-state index in [0.29, 0.717) is 6.54 Å². The third kappa shape index (κ3) is 4.06. The first kappa shape index (κ1) is 18.6. The topological polar surface area (TPSA) is 84.2 Å². The van der Waals surface area contributed by atoms with E-state index >= 15 is 0 Å². The van der Waals surface area contributed by atoms with Gasteiger partial charge in [0.05, 0.1) is 24.2 Å². The monoisotopic (exact) mass is 397 g/mol. The normalized spacial score (nSPS) is 15.0. The summed E-state index contributed by atoms with van der Waals surface area (Å²) in [4.78, 5) is 20.4. The molecule has 1 fully saturated rings. The summed E-state index contributed by atoms with van der Waals surface area (Å²) in [6, 6.07) is 7.70. The predicted octanol–water partition coefficient (Wildman–Crippen LogP) is 3.34. The zero-order valence-electron chi connectivity index (χ0n) is 16.0. The van der Waals surface area contributed by atoms with E-state index in [2.05, 4.69) is 25.4 Å². The van der Waals surface area contributed by atoms with Crippen molar-refractivity contribution in [2.45, 2.75) is 33.2 Å². The zero-order valence-corrected chi connectivity index (χ0v) is 16.8. The van der Waals surface area contributed by atoms with E-state index in [1.165, 1.54) is 0 Å². The van der Waals surface area contributed by atoms with E-state index in [1.54, 1.807) is 17.6 Å². The highest BCUT2D eigenvalue weighted by Gasteiger charge is 2.26. The van der Waals surface area contributed by atoms with E-state index < -0.39 is 0 Å². The quantitative estimate of drug-likeness (QED) is 0.711. The number of carbonyl (C=O) groups is 1. The van der Waals surface area contributed by atoms with Gasteiger partial charge in [-0.15, -0.1) is 16.4 Å². The number of nitrogens with zero attached hydrogens (tertiary/aromatic N) is 4. The molecule has 0 aliphatic carbocycles. The van der Waals surface area contributed by atoms with E-state index in [-0.39, 0.29) is 11.8 Å². The highest BCUT2D eigenvalue weighted by atomic mass is 32.1. The van der Waals surface area contributed by atoms with Crippen LogP contribution in [0.4, 0.5) is 5.82 Å². The first-order valence-corrected chi connectivity index (χ1v) is 10.2. The van der Waals surface area contributed by atoms with Gasteiger partial charge < -0.3 is 14.6 Å². The van der Waals surface area contributed by atoms with Gasteiger partial charge in [-0.05, 0) is 51.0 Å². The predicted molar refractivity (Wildman–Crippen MR) is 108 cm³/mol. The Bertz CT molecular complexity index is 928. The molecular weight excluding hydrogens is 374 g/mol. The van der Waals surface area contributed by atoms with Crippen molar-refractivity contribution in [2.24, 2.45) is 5.92 Å². The van der Waals surface area contributed by atoms with Gasteiger partial charge in [-0.3, -0.25) is 4.79 Å². The molecule has 8 heteroatoms. The number of aromatic nitrogens is 3. The summed E-state index contributed by atoms with van der Waals surface area (Å²) < 4.78 is 5.41. The number of rotatable bonds is 5. The minimum absolute atomic E-state index is 0.0347. The van der Waals surface area contributed by atoms with Crippen LogP contribution in [0.2, 0.25) is 0 Å². The summed E-state index contributed by atoms with van der Waals surface area (Å²) in [6.45, 7) is 6.03. The van der Waals surface area contributed by atoms with E-state index in [9.17, 15) is 4.79 Å². The van der Waals surface area contributed by atoms with Gasteiger partial charge in [0.2, 0.25) is 5.91 Å². The molecule has 0 saturated carbocycles. The van der Waals surface area contributed by atoms with Crippen molar-refractivity contribution >= 4 is 23.1 Å². The number of carbonyl (C=O) groups excluding carboxylic acids is 1. The van der Waals surface area contributed by atoms with Crippen molar-refractivity contribution in [3.05, 3.63) is 46.8 Å². The number of hydrogen-bond donors (Lipinski definition) is 1. The van der Waals surface area contributed by atoms with Gasteiger partial charge in [0.1, 0.15) is 0 Å². The molecule has 0 atom stereocenters. The maximum Gasteiger partial charge on any atom is 0.223 e. The Labute approximate surface area is 167 Å². The molecule has 1 aliphatic heterocycles.